The van der Waals surface area contributed by atoms with Gasteiger partial charge in [0.2, 0.25) is 0 Å². The molecule has 0 bridgehead atoms. The fourth-order valence-electron chi connectivity index (χ4n) is 2.07. The molecule has 0 heterocycles. The predicted octanol–water partition coefficient (Wildman–Crippen LogP) is 1.45. The summed E-state index contributed by atoms with van der Waals surface area (Å²) in [6.07, 6.45) is 0. The minimum absolute atomic E-state index is 0.281. The zero-order valence-electron chi connectivity index (χ0n) is 12.8. The smallest absolute Gasteiger partial charge is 0.123 e. The van der Waals surface area contributed by atoms with Gasteiger partial charge >= 0.3 is 0 Å². The summed E-state index contributed by atoms with van der Waals surface area (Å²) in [6, 6.07) is 8.48. The third-order valence-corrected chi connectivity index (χ3v) is 3.29. The lowest BCUT2D eigenvalue weighted by atomic mass is 10.1. The molecule has 0 saturated heterocycles. The van der Waals surface area contributed by atoms with E-state index in [1.807, 2.05) is 19.2 Å². The van der Waals surface area contributed by atoms with Gasteiger partial charge in [-0.1, -0.05) is 18.2 Å². The molecule has 4 nitrogen and oxygen atoms in total. The van der Waals surface area contributed by atoms with Crippen molar-refractivity contribution in [2.45, 2.75) is 6.04 Å². The Bertz CT molecular complexity index is 368. The van der Waals surface area contributed by atoms with Crippen LogP contribution in [-0.2, 0) is 0 Å². The number of methoxy groups -OCH3 is 1. The Kier molecular flexibility index (Phi) is 6.84. The van der Waals surface area contributed by atoms with Crippen molar-refractivity contribution in [3.63, 3.8) is 0 Å². The van der Waals surface area contributed by atoms with E-state index in [1.165, 1.54) is 5.56 Å². The molecule has 0 amide bonds. The van der Waals surface area contributed by atoms with Crippen molar-refractivity contribution >= 4 is 0 Å². The molecule has 0 aliphatic carbocycles. The van der Waals surface area contributed by atoms with E-state index < -0.39 is 0 Å². The van der Waals surface area contributed by atoms with Gasteiger partial charge in [-0.05, 0) is 34.3 Å². The molecule has 19 heavy (non-hydrogen) atoms. The Morgan fingerprint density at radius 3 is 2.42 bits per heavy atom. The average molecular weight is 265 g/mol. The second-order valence-electron chi connectivity index (χ2n) is 5.15. The van der Waals surface area contributed by atoms with Gasteiger partial charge in [0.1, 0.15) is 5.75 Å². The monoisotopic (exact) mass is 265 g/mol. The summed E-state index contributed by atoms with van der Waals surface area (Å²) in [5, 5.41) is 3.38. The standard InChI is InChI=1S/C15H27N3O/c1-16-14(12-18(4)11-10-17(2)3)13-8-6-7-9-15(13)19-5/h6-9,14,16H,10-12H2,1-5H3. The first-order valence-electron chi connectivity index (χ1n) is 6.72. The number of ether oxygens (including phenoxy) is 1. The molecule has 1 aromatic rings. The molecule has 0 aromatic heterocycles. The van der Waals surface area contributed by atoms with Gasteiger partial charge in [0.25, 0.3) is 0 Å². The lowest BCUT2D eigenvalue weighted by molar-refractivity contribution is 0.258. The highest BCUT2D eigenvalue weighted by molar-refractivity contribution is 5.36. The van der Waals surface area contributed by atoms with Crippen molar-refractivity contribution in [3.8, 4) is 5.75 Å². The molecule has 108 valence electrons. The van der Waals surface area contributed by atoms with E-state index in [-0.39, 0.29) is 6.04 Å². The zero-order valence-corrected chi connectivity index (χ0v) is 12.8. The molecule has 0 aliphatic heterocycles. The molecular formula is C15H27N3O. The molecule has 4 heteroatoms. The van der Waals surface area contributed by atoms with Crippen LogP contribution in [0.2, 0.25) is 0 Å². The molecule has 0 aliphatic rings. The predicted molar refractivity (Wildman–Crippen MR) is 80.8 cm³/mol. The van der Waals surface area contributed by atoms with Crippen LogP contribution in [0.4, 0.5) is 0 Å². The molecule has 0 saturated carbocycles. The van der Waals surface area contributed by atoms with Gasteiger partial charge in [-0.15, -0.1) is 0 Å². The number of rotatable bonds is 8. The van der Waals surface area contributed by atoms with Crippen LogP contribution in [0.15, 0.2) is 24.3 Å². The summed E-state index contributed by atoms with van der Waals surface area (Å²) in [4.78, 5) is 4.54. The van der Waals surface area contributed by atoms with Gasteiger partial charge in [-0.25, -0.2) is 0 Å². The second kappa shape index (κ2) is 8.15. The van der Waals surface area contributed by atoms with Crippen molar-refractivity contribution in [2.75, 3.05) is 54.9 Å². The number of likely N-dealkylation sites (N-methyl/N-ethyl adjacent to an activating group) is 3. The fraction of sp³-hybridized carbons (Fsp3) is 0.600. The molecule has 0 radical (unpaired) electrons. The maximum atomic E-state index is 5.44. The van der Waals surface area contributed by atoms with Crippen molar-refractivity contribution in [1.29, 1.82) is 0 Å². The summed E-state index contributed by atoms with van der Waals surface area (Å²) < 4.78 is 5.44. The minimum atomic E-state index is 0.281. The third-order valence-electron chi connectivity index (χ3n) is 3.29. The molecule has 1 rings (SSSR count). The number of nitrogens with one attached hydrogen (secondary N) is 1. The first-order chi connectivity index (χ1) is 9.08. The normalized spacial score (nSPS) is 13.0. The Morgan fingerprint density at radius 2 is 1.84 bits per heavy atom. The van der Waals surface area contributed by atoms with Crippen LogP contribution in [0.3, 0.4) is 0 Å². The van der Waals surface area contributed by atoms with Crippen LogP contribution in [0, 0.1) is 0 Å². The molecule has 1 N–H and O–H groups in total. The van der Waals surface area contributed by atoms with Gasteiger partial charge in [-0.3, -0.25) is 0 Å². The van der Waals surface area contributed by atoms with E-state index in [2.05, 4.69) is 48.4 Å². The van der Waals surface area contributed by atoms with Gasteiger partial charge in [-0.2, -0.15) is 0 Å². The van der Waals surface area contributed by atoms with Crippen LogP contribution in [0.25, 0.3) is 0 Å². The van der Waals surface area contributed by atoms with E-state index >= 15 is 0 Å². The van der Waals surface area contributed by atoms with E-state index in [4.69, 9.17) is 4.74 Å². The number of para-hydroxylation sites is 1. The van der Waals surface area contributed by atoms with Crippen LogP contribution >= 0.6 is 0 Å². The summed E-state index contributed by atoms with van der Waals surface area (Å²) >= 11 is 0. The Balaban J connectivity index is 2.67. The molecular weight excluding hydrogens is 238 g/mol. The van der Waals surface area contributed by atoms with E-state index in [0.29, 0.717) is 0 Å². The lowest BCUT2D eigenvalue weighted by Gasteiger charge is -2.26. The molecule has 0 fully saturated rings. The van der Waals surface area contributed by atoms with Gasteiger partial charge in [0.05, 0.1) is 7.11 Å². The van der Waals surface area contributed by atoms with E-state index in [1.54, 1.807) is 7.11 Å². The number of hydrogen-bond donors (Lipinski definition) is 1. The SMILES string of the molecule is CNC(CN(C)CCN(C)C)c1ccccc1OC. The van der Waals surface area contributed by atoms with Crippen molar-refractivity contribution < 1.29 is 4.74 Å². The maximum Gasteiger partial charge on any atom is 0.123 e. The quantitative estimate of drug-likeness (QED) is 0.770. The summed E-state index contributed by atoms with van der Waals surface area (Å²) in [5.74, 6) is 0.947. The largest absolute Gasteiger partial charge is 0.496 e. The Labute approximate surface area is 117 Å². The van der Waals surface area contributed by atoms with Crippen LogP contribution in [-0.4, -0.2) is 64.7 Å². The average Bonchev–Trinajstić information content (AvgIpc) is 2.42. The highest BCUT2D eigenvalue weighted by Gasteiger charge is 2.15. The van der Waals surface area contributed by atoms with Crippen LogP contribution in [0.1, 0.15) is 11.6 Å². The topological polar surface area (TPSA) is 27.7 Å². The van der Waals surface area contributed by atoms with Crippen molar-refractivity contribution in [2.24, 2.45) is 0 Å². The first-order valence-corrected chi connectivity index (χ1v) is 6.72. The first kappa shape index (κ1) is 16.0. The molecule has 1 unspecified atom stereocenters. The molecule has 0 spiro atoms. The van der Waals surface area contributed by atoms with Crippen molar-refractivity contribution in [3.05, 3.63) is 29.8 Å². The van der Waals surface area contributed by atoms with Crippen molar-refractivity contribution in [1.82, 2.24) is 15.1 Å². The highest BCUT2D eigenvalue weighted by Crippen LogP contribution is 2.24. The third kappa shape index (κ3) is 5.19. The minimum Gasteiger partial charge on any atom is -0.496 e. The fourth-order valence-corrected chi connectivity index (χ4v) is 2.07. The Morgan fingerprint density at radius 1 is 1.16 bits per heavy atom. The Hall–Kier alpha value is -1.10. The summed E-state index contributed by atoms with van der Waals surface area (Å²) in [6.45, 7) is 3.09. The summed E-state index contributed by atoms with van der Waals surface area (Å²) in [7, 11) is 10.1. The number of nitrogens with zero attached hydrogens (tertiary/aromatic N) is 2. The van der Waals surface area contributed by atoms with E-state index in [0.717, 1.165) is 25.4 Å². The van der Waals surface area contributed by atoms with Gasteiger partial charge in [0.15, 0.2) is 0 Å². The molecule has 1 aromatic carbocycles. The lowest BCUT2D eigenvalue weighted by Crippen LogP contribution is -2.35. The van der Waals surface area contributed by atoms with E-state index in [9.17, 15) is 0 Å². The van der Waals surface area contributed by atoms with Crippen LogP contribution in [0.5, 0.6) is 5.75 Å². The number of hydrogen-bond acceptors (Lipinski definition) is 4. The van der Waals surface area contributed by atoms with Gasteiger partial charge < -0.3 is 19.9 Å². The number of benzene rings is 1. The van der Waals surface area contributed by atoms with Gasteiger partial charge in [0, 0.05) is 31.2 Å². The summed E-state index contributed by atoms with van der Waals surface area (Å²) in [5.41, 5.74) is 1.21. The van der Waals surface area contributed by atoms with Crippen LogP contribution < -0.4 is 10.1 Å². The maximum absolute atomic E-state index is 5.44. The second-order valence-corrected chi connectivity index (χ2v) is 5.15. The highest BCUT2D eigenvalue weighted by atomic mass is 16.5. The molecule has 1 atom stereocenters. The zero-order chi connectivity index (χ0) is 14.3.